The van der Waals surface area contributed by atoms with Crippen molar-refractivity contribution in [2.75, 3.05) is 90.6 Å². The van der Waals surface area contributed by atoms with Gasteiger partial charge in [-0.2, -0.15) is 8.61 Å². The van der Waals surface area contributed by atoms with Crippen LogP contribution in [0.2, 0.25) is 0 Å². The molecular formula is C46H52F2N6O8S4. The summed E-state index contributed by atoms with van der Waals surface area (Å²) in [7, 11) is -1.58. The Balaban J connectivity index is 0.000000196. The van der Waals surface area contributed by atoms with E-state index in [0.29, 0.717) is 81.6 Å². The zero-order chi connectivity index (χ0) is 47.2. The molecule has 0 atom stereocenters. The van der Waals surface area contributed by atoms with Crippen molar-refractivity contribution in [1.29, 1.82) is 0 Å². The SMILES string of the molecule is COc1ccc(OC)c(S(=O)(=O)N2CCN(c3nc(Cc4ccc(C)c(C)c4)cs3)CC2)c1.COc1ccc(OC)c(S(=O)(=O)N2CCN(c3nc(Cc4ccc(F)c(F)c4)cs3)CC2)c1. The number of sulfonamides is 2. The first kappa shape index (κ1) is 48.6. The van der Waals surface area contributed by atoms with Gasteiger partial charge >= 0.3 is 0 Å². The summed E-state index contributed by atoms with van der Waals surface area (Å²) in [6, 6.07) is 19.8. The summed E-state index contributed by atoms with van der Waals surface area (Å²) < 4.78 is 104. The predicted octanol–water partition coefficient (Wildman–Crippen LogP) is 7.42. The second-order valence-electron chi connectivity index (χ2n) is 15.6. The van der Waals surface area contributed by atoms with Crippen LogP contribution < -0.4 is 28.7 Å². The summed E-state index contributed by atoms with van der Waals surface area (Å²) in [5, 5.41) is 5.67. The molecule has 4 heterocycles. The molecule has 2 aliphatic heterocycles. The third-order valence-corrected chi connectivity index (χ3v) is 17.1. The average Bonchev–Trinajstić information content (AvgIpc) is 4.01. The molecule has 0 unspecified atom stereocenters. The fourth-order valence-electron chi connectivity index (χ4n) is 7.52. The van der Waals surface area contributed by atoms with Gasteiger partial charge in [-0.3, -0.25) is 0 Å². The fourth-order valence-corrected chi connectivity index (χ4v) is 12.5. The smallest absolute Gasteiger partial charge is 0.247 e. The molecule has 0 amide bonds. The molecular weight excluding hydrogens is 931 g/mol. The summed E-state index contributed by atoms with van der Waals surface area (Å²) in [6.45, 7) is 7.72. The van der Waals surface area contributed by atoms with Crippen molar-refractivity contribution in [3.05, 3.63) is 129 Å². The monoisotopic (exact) mass is 982 g/mol. The Kier molecular flexibility index (Phi) is 15.5. The second-order valence-corrected chi connectivity index (χ2v) is 21.1. The Bertz CT molecular complexity index is 2670. The standard InChI is InChI=1S/C24H29N3O4S2.C22H23F2N3O4S2/c1-17-5-6-19(13-18(17)2)14-20-16-32-24(25-20)26-9-11-27(12-10-26)33(28,29)23-15-21(30-3)7-8-22(23)31-4;1-30-17-4-6-20(31-2)21(13-17)33(28,29)27-9-7-26(8-10-27)22-25-16(14-32-22)11-15-3-5-18(23)19(24)12-15/h5-8,13,15-16H,9-12,14H2,1-4H3;3-6,12-14H,7-11H2,1-2H3. The van der Waals surface area contributed by atoms with Crippen molar-refractivity contribution < 1.29 is 44.6 Å². The molecule has 0 saturated carbocycles. The van der Waals surface area contributed by atoms with Crippen molar-refractivity contribution in [3.63, 3.8) is 0 Å². The van der Waals surface area contributed by atoms with Crippen molar-refractivity contribution in [2.45, 2.75) is 36.5 Å². The lowest BCUT2D eigenvalue weighted by atomic mass is 10.0. The largest absolute Gasteiger partial charge is 0.497 e. The Labute approximate surface area is 393 Å². The van der Waals surface area contributed by atoms with Crippen molar-refractivity contribution in [1.82, 2.24) is 18.6 Å². The third-order valence-electron chi connectivity index (χ3n) is 11.4. The van der Waals surface area contributed by atoms with Gasteiger partial charge in [0, 0.05) is 88.1 Å². The van der Waals surface area contributed by atoms with Crippen LogP contribution >= 0.6 is 22.7 Å². The van der Waals surface area contributed by atoms with E-state index in [4.69, 9.17) is 23.9 Å². The normalized spacial score (nSPS) is 15.0. The highest BCUT2D eigenvalue weighted by atomic mass is 32.2. The van der Waals surface area contributed by atoms with Crippen LogP contribution in [0, 0.1) is 25.5 Å². The molecule has 0 radical (unpaired) electrons. The van der Waals surface area contributed by atoms with Crippen molar-refractivity contribution in [2.24, 2.45) is 0 Å². The molecule has 66 heavy (non-hydrogen) atoms. The van der Waals surface area contributed by atoms with Crippen LogP contribution in [0.1, 0.15) is 33.6 Å². The first-order valence-corrected chi connectivity index (χ1v) is 25.6. The van der Waals surface area contributed by atoms with Crippen LogP contribution in [-0.2, 0) is 32.9 Å². The summed E-state index contributed by atoms with van der Waals surface area (Å²) in [4.78, 5) is 13.8. The second kappa shape index (κ2) is 21.1. The molecule has 2 fully saturated rings. The van der Waals surface area contributed by atoms with Gasteiger partial charge in [0.05, 0.1) is 39.8 Å². The molecule has 4 aromatic carbocycles. The quantitative estimate of drug-likeness (QED) is 0.107. The summed E-state index contributed by atoms with van der Waals surface area (Å²) >= 11 is 3.05. The lowest BCUT2D eigenvalue weighted by molar-refractivity contribution is 0.370. The number of nitrogens with zero attached hydrogens (tertiary/aromatic N) is 6. The van der Waals surface area contributed by atoms with Gasteiger partial charge in [-0.15, -0.1) is 22.7 Å². The van der Waals surface area contributed by atoms with Gasteiger partial charge in [-0.05, 0) is 72.5 Å². The minimum Gasteiger partial charge on any atom is -0.497 e. The van der Waals surface area contributed by atoms with E-state index in [9.17, 15) is 25.6 Å². The van der Waals surface area contributed by atoms with Crippen LogP contribution in [0.25, 0.3) is 0 Å². The maximum Gasteiger partial charge on any atom is 0.247 e. The van der Waals surface area contributed by atoms with Crippen molar-refractivity contribution in [3.8, 4) is 23.0 Å². The molecule has 6 aromatic rings. The van der Waals surface area contributed by atoms with Gasteiger partial charge in [0.25, 0.3) is 0 Å². The van der Waals surface area contributed by atoms with E-state index in [-0.39, 0.29) is 15.5 Å². The first-order valence-electron chi connectivity index (χ1n) is 21.0. The summed E-state index contributed by atoms with van der Waals surface area (Å²) in [6.07, 6.45) is 1.18. The average molecular weight is 983 g/mol. The molecule has 0 aliphatic carbocycles. The van der Waals surface area contributed by atoms with E-state index in [0.717, 1.165) is 34.1 Å². The highest BCUT2D eigenvalue weighted by molar-refractivity contribution is 7.89. The molecule has 352 valence electrons. The minimum absolute atomic E-state index is 0.0702. The number of anilines is 2. The molecule has 0 bridgehead atoms. The predicted molar refractivity (Wildman–Crippen MR) is 253 cm³/mol. The van der Waals surface area contributed by atoms with E-state index in [2.05, 4.69) is 47.3 Å². The first-order chi connectivity index (χ1) is 31.6. The molecule has 14 nitrogen and oxygen atoms in total. The maximum absolute atomic E-state index is 13.5. The van der Waals surface area contributed by atoms with E-state index >= 15 is 0 Å². The van der Waals surface area contributed by atoms with Crippen LogP contribution in [-0.4, -0.2) is 116 Å². The fraction of sp³-hybridized carbons (Fsp3) is 0.348. The Morgan fingerprint density at radius 1 is 0.530 bits per heavy atom. The molecule has 2 aromatic heterocycles. The summed E-state index contributed by atoms with van der Waals surface area (Å²) in [5.41, 5.74) is 6.24. The number of hydrogen-bond acceptors (Lipinski definition) is 14. The third kappa shape index (κ3) is 11.1. The van der Waals surface area contributed by atoms with Gasteiger partial charge in [-0.25, -0.2) is 35.6 Å². The molecule has 2 aliphatic rings. The topological polar surface area (TPSA) is 144 Å². The Hall–Kier alpha value is -5.38. The molecule has 8 rings (SSSR count). The zero-order valence-corrected chi connectivity index (χ0v) is 40.8. The highest BCUT2D eigenvalue weighted by Gasteiger charge is 2.34. The van der Waals surface area contributed by atoms with Crippen LogP contribution in [0.5, 0.6) is 23.0 Å². The minimum atomic E-state index is -3.77. The number of ether oxygens (including phenoxy) is 4. The number of rotatable bonds is 14. The maximum atomic E-state index is 13.5. The Morgan fingerprint density at radius 3 is 1.38 bits per heavy atom. The number of halogens is 2. The van der Waals surface area contributed by atoms with E-state index in [1.807, 2.05) is 10.3 Å². The lowest BCUT2D eigenvalue weighted by Gasteiger charge is -2.34. The number of hydrogen-bond donors (Lipinski definition) is 0. The van der Waals surface area contributed by atoms with E-state index < -0.39 is 31.7 Å². The van der Waals surface area contributed by atoms with E-state index in [1.54, 1.807) is 35.6 Å². The van der Waals surface area contributed by atoms with Gasteiger partial charge < -0.3 is 28.7 Å². The number of methoxy groups -OCH3 is 4. The number of benzene rings is 4. The van der Waals surface area contributed by atoms with Gasteiger partial charge in [0.15, 0.2) is 21.9 Å². The molecule has 0 N–H and O–H groups in total. The number of aromatic nitrogens is 2. The highest BCUT2D eigenvalue weighted by Crippen LogP contribution is 2.34. The molecule has 20 heteroatoms. The van der Waals surface area contributed by atoms with Gasteiger partial charge in [0.1, 0.15) is 32.8 Å². The number of aryl methyl sites for hydroxylation is 2. The van der Waals surface area contributed by atoms with Crippen LogP contribution in [0.15, 0.2) is 93.3 Å². The van der Waals surface area contributed by atoms with Gasteiger partial charge in [-0.1, -0.05) is 24.3 Å². The summed E-state index contributed by atoms with van der Waals surface area (Å²) in [5.74, 6) is -0.268. The van der Waals surface area contributed by atoms with Gasteiger partial charge in [0.2, 0.25) is 20.0 Å². The zero-order valence-electron chi connectivity index (χ0n) is 37.5. The number of piperazine rings is 2. The van der Waals surface area contributed by atoms with Crippen LogP contribution in [0.3, 0.4) is 0 Å². The van der Waals surface area contributed by atoms with Crippen molar-refractivity contribution >= 4 is 53.0 Å². The lowest BCUT2D eigenvalue weighted by Crippen LogP contribution is -2.48. The van der Waals surface area contributed by atoms with Crippen LogP contribution in [0.4, 0.5) is 19.0 Å². The molecule has 0 spiro atoms. The Morgan fingerprint density at radius 2 is 0.970 bits per heavy atom. The molecule has 2 saturated heterocycles. The van der Waals surface area contributed by atoms with E-state index in [1.165, 1.54) is 89.3 Å². The number of thiazole rings is 2.